The summed E-state index contributed by atoms with van der Waals surface area (Å²) in [5.41, 5.74) is 0.118. The van der Waals surface area contributed by atoms with E-state index in [4.69, 9.17) is 11.6 Å². The first-order valence-corrected chi connectivity index (χ1v) is 6.73. The maximum absolute atomic E-state index is 12.6. The van der Waals surface area contributed by atoms with Gasteiger partial charge in [0.25, 0.3) is 0 Å². The maximum atomic E-state index is 12.6. The molecule has 0 bridgehead atoms. The molecule has 7 heteroatoms. The number of hydrogen-bond acceptors (Lipinski definition) is 3. The van der Waals surface area contributed by atoms with Crippen LogP contribution in [0.3, 0.4) is 0 Å². The minimum Gasteiger partial charge on any atom is -0.351 e. The Bertz CT molecular complexity index is 660. The van der Waals surface area contributed by atoms with E-state index < -0.39 is 11.9 Å². The van der Waals surface area contributed by atoms with Crippen molar-refractivity contribution >= 4 is 17.5 Å². The third kappa shape index (κ3) is 3.26. The Labute approximate surface area is 124 Å². The van der Waals surface area contributed by atoms with Crippen LogP contribution in [0, 0.1) is 0 Å². The second kappa shape index (κ2) is 5.18. The molecule has 2 unspecified atom stereocenters. The second-order valence-corrected chi connectivity index (χ2v) is 5.35. The van der Waals surface area contributed by atoms with Crippen molar-refractivity contribution in [2.24, 2.45) is 0 Å². The van der Waals surface area contributed by atoms with Gasteiger partial charge in [-0.15, -0.1) is 0 Å². The minimum atomic E-state index is -4.46. The van der Waals surface area contributed by atoms with Crippen LogP contribution >= 0.6 is 11.6 Å². The van der Waals surface area contributed by atoms with Gasteiger partial charge in [-0.05, 0) is 30.2 Å². The van der Waals surface area contributed by atoms with Gasteiger partial charge in [-0.1, -0.05) is 23.7 Å². The first-order valence-electron chi connectivity index (χ1n) is 6.36. The minimum absolute atomic E-state index is 0.000599. The third-order valence-corrected chi connectivity index (χ3v) is 3.56. The molecule has 0 aliphatic heterocycles. The first-order chi connectivity index (χ1) is 9.93. The van der Waals surface area contributed by atoms with E-state index >= 15 is 0 Å². The van der Waals surface area contributed by atoms with Crippen LogP contribution in [-0.4, -0.2) is 16.0 Å². The molecular weight excluding hydrogens is 303 g/mol. The van der Waals surface area contributed by atoms with Crippen LogP contribution in [0.4, 0.5) is 19.1 Å². The summed E-state index contributed by atoms with van der Waals surface area (Å²) in [6, 6.07) is 8.34. The molecule has 0 spiro atoms. The number of benzene rings is 1. The number of halogens is 4. The SMILES string of the molecule is FC(F)(F)c1ccnc(NC2CC2c2cccc(Cl)c2)n1. The van der Waals surface area contributed by atoms with Gasteiger partial charge < -0.3 is 5.32 Å². The van der Waals surface area contributed by atoms with Gasteiger partial charge in [0.1, 0.15) is 5.69 Å². The summed E-state index contributed by atoms with van der Waals surface area (Å²) >= 11 is 5.93. The van der Waals surface area contributed by atoms with E-state index in [-0.39, 0.29) is 17.9 Å². The molecule has 1 aromatic heterocycles. The number of anilines is 1. The fourth-order valence-electron chi connectivity index (χ4n) is 2.21. The fourth-order valence-corrected chi connectivity index (χ4v) is 2.41. The molecule has 0 saturated heterocycles. The first kappa shape index (κ1) is 14.1. The zero-order chi connectivity index (χ0) is 15.0. The van der Waals surface area contributed by atoms with E-state index in [2.05, 4.69) is 15.3 Å². The molecule has 1 aromatic carbocycles. The van der Waals surface area contributed by atoms with Crippen molar-refractivity contribution in [2.75, 3.05) is 5.32 Å². The van der Waals surface area contributed by atoms with Crippen molar-refractivity contribution in [2.45, 2.75) is 24.6 Å². The molecule has 2 aromatic rings. The Morgan fingerprint density at radius 2 is 2.05 bits per heavy atom. The molecule has 3 rings (SSSR count). The fraction of sp³-hybridized carbons (Fsp3) is 0.286. The molecule has 1 aliphatic rings. The third-order valence-electron chi connectivity index (χ3n) is 3.33. The highest BCUT2D eigenvalue weighted by Crippen LogP contribution is 2.43. The second-order valence-electron chi connectivity index (χ2n) is 4.91. The number of nitrogens with zero attached hydrogens (tertiary/aromatic N) is 2. The lowest BCUT2D eigenvalue weighted by molar-refractivity contribution is -0.141. The highest BCUT2D eigenvalue weighted by molar-refractivity contribution is 6.30. The number of aromatic nitrogens is 2. The van der Waals surface area contributed by atoms with E-state index in [0.29, 0.717) is 5.02 Å². The molecule has 1 aliphatic carbocycles. The molecule has 1 saturated carbocycles. The Hall–Kier alpha value is -1.82. The van der Waals surface area contributed by atoms with Crippen LogP contribution in [0.1, 0.15) is 23.6 Å². The predicted octanol–water partition coefficient (Wildman–Crippen LogP) is 4.12. The highest BCUT2D eigenvalue weighted by Gasteiger charge is 2.39. The van der Waals surface area contributed by atoms with Crippen molar-refractivity contribution in [3.63, 3.8) is 0 Å². The summed E-state index contributed by atoms with van der Waals surface area (Å²) in [7, 11) is 0. The number of hydrogen-bond donors (Lipinski definition) is 1. The Balaban J connectivity index is 1.69. The molecule has 0 radical (unpaired) electrons. The van der Waals surface area contributed by atoms with Gasteiger partial charge in [0, 0.05) is 23.2 Å². The molecule has 1 heterocycles. The predicted molar refractivity (Wildman–Crippen MR) is 73.3 cm³/mol. The average Bonchev–Trinajstić information content (AvgIpc) is 3.17. The monoisotopic (exact) mass is 313 g/mol. The van der Waals surface area contributed by atoms with Gasteiger partial charge in [-0.3, -0.25) is 0 Å². The molecule has 3 nitrogen and oxygen atoms in total. The van der Waals surface area contributed by atoms with Crippen LogP contribution < -0.4 is 5.32 Å². The van der Waals surface area contributed by atoms with Gasteiger partial charge >= 0.3 is 6.18 Å². The lowest BCUT2D eigenvalue weighted by Gasteiger charge is -2.08. The van der Waals surface area contributed by atoms with Crippen molar-refractivity contribution in [1.29, 1.82) is 0 Å². The largest absolute Gasteiger partial charge is 0.433 e. The topological polar surface area (TPSA) is 37.8 Å². The smallest absolute Gasteiger partial charge is 0.351 e. The van der Waals surface area contributed by atoms with Crippen LogP contribution in [0.15, 0.2) is 36.5 Å². The summed E-state index contributed by atoms with van der Waals surface area (Å²) in [4.78, 5) is 7.33. The Morgan fingerprint density at radius 1 is 1.24 bits per heavy atom. The summed E-state index contributed by atoms with van der Waals surface area (Å²) < 4.78 is 37.7. The van der Waals surface area contributed by atoms with Gasteiger partial charge in [0.15, 0.2) is 0 Å². The van der Waals surface area contributed by atoms with Crippen LogP contribution in [0.25, 0.3) is 0 Å². The normalized spacial score (nSPS) is 21.1. The summed E-state index contributed by atoms with van der Waals surface area (Å²) in [5, 5.41) is 3.58. The van der Waals surface area contributed by atoms with E-state index in [1.54, 1.807) is 6.07 Å². The van der Waals surface area contributed by atoms with Crippen LogP contribution in [-0.2, 0) is 6.18 Å². The lowest BCUT2D eigenvalue weighted by Crippen LogP contribution is -2.13. The number of alkyl halides is 3. The molecule has 1 fully saturated rings. The van der Waals surface area contributed by atoms with Crippen LogP contribution in [0.5, 0.6) is 0 Å². The van der Waals surface area contributed by atoms with E-state index in [9.17, 15) is 13.2 Å². The van der Waals surface area contributed by atoms with Gasteiger partial charge in [-0.2, -0.15) is 13.2 Å². The molecule has 21 heavy (non-hydrogen) atoms. The molecule has 2 atom stereocenters. The van der Waals surface area contributed by atoms with Gasteiger partial charge in [-0.25, -0.2) is 9.97 Å². The van der Waals surface area contributed by atoms with Crippen LogP contribution in [0.2, 0.25) is 5.02 Å². The van der Waals surface area contributed by atoms with Crippen molar-refractivity contribution in [3.8, 4) is 0 Å². The zero-order valence-corrected chi connectivity index (χ0v) is 11.5. The number of nitrogens with one attached hydrogen (secondary N) is 1. The molecule has 110 valence electrons. The highest BCUT2D eigenvalue weighted by atomic mass is 35.5. The summed E-state index contributed by atoms with van der Waals surface area (Å²) in [6.45, 7) is 0. The van der Waals surface area contributed by atoms with Gasteiger partial charge in [0.05, 0.1) is 0 Å². The van der Waals surface area contributed by atoms with E-state index in [1.807, 2.05) is 18.2 Å². The van der Waals surface area contributed by atoms with Crippen molar-refractivity contribution in [1.82, 2.24) is 9.97 Å². The van der Waals surface area contributed by atoms with Gasteiger partial charge in [0.2, 0.25) is 5.95 Å². The average molecular weight is 314 g/mol. The maximum Gasteiger partial charge on any atom is 0.433 e. The molecule has 1 N–H and O–H groups in total. The quantitative estimate of drug-likeness (QED) is 0.926. The summed E-state index contributed by atoms with van der Waals surface area (Å²) in [5.74, 6) is 0.223. The standard InChI is InChI=1S/C14H11ClF3N3/c15-9-3-1-2-8(6-9)10-7-11(10)20-13-19-5-4-12(21-13)14(16,17)18/h1-6,10-11H,7H2,(H,19,20,21). The Morgan fingerprint density at radius 3 is 2.76 bits per heavy atom. The van der Waals surface area contributed by atoms with E-state index in [0.717, 1.165) is 24.2 Å². The van der Waals surface area contributed by atoms with E-state index in [1.165, 1.54) is 0 Å². The lowest BCUT2D eigenvalue weighted by atomic mass is 10.1. The van der Waals surface area contributed by atoms with Crippen molar-refractivity contribution in [3.05, 3.63) is 52.8 Å². The summed E-state index contributed by atoms with van der Waals surface area (Å²) in [6.07, 6.45) is -2.54. The number of rotatable bonds is 3. The van der Waals surface area contributed by atoms with Crippen molar-refractivity contribution < 1.29 is 13.2 Å². The molecule has 0 amide bonds. The molecular formula is C14H11ClF3N3. The Kier molecular flexibility index (Phi) is 3.49. The zero-order valence-electron chi connectivity index (χ0n) is 10.7.